The molecular weight excluding hydrogens is 354 g/mol. The maximum Gasteiger partial charge on any atom is 0.184 e. The quantitative estimate of drug-likeness (QED) is 0.638. The first-order valence-electron chi connectivity index (χ1n) is 10.1. The largest absolute Gasteiger partial charge is 0.415 e. The lowest BCUT2D eigenvalue weighted by molar-refractivity contribution is -0.312. The van der Waals surface area contributed by atoms with Crippen LogP contribution in [0, 0.1) is 0 Å². The van der Waals surface area contributed by atoms with Gasteiger partial charge >= 0.3 is 0 Å². The van der Waals surface area contributed by atoms with Gasteiger partial charge in [-0.05, 0) is 85.2 Å². The monoisotopic (exact) mass is 393 g/mol. The van der Waals surface area contributed by atoms with E-state index in [1.54, 1.807) is 6.92 Å². The first-order chi connectivity index (χ1) is 12.2. The molecule has 0 spiro atoms. The molecule has 1 aromatic carbocycles. The minimum absolute atomic E-state index is 0.0546. The van der Waals surface area contributed by atoms with Crippen molar-refractivity contribution in [1.29, 1.82) is 0 Å². The Morgan fingerprint density at radius 1 is 0.963 bits per heavy atom. The Morgan fingerprint density at radius 3 is 1.81 bits per heavy atom. The van der Waals surface area contributed by atoms with E-state index < -0.39 is 14.4 Å². The molecule has 1 N–H and O–H groups in total. The fraction of sp³-hybridized carbons (Fsp3) is 0.727. The molecule has 0 amide bonds. The fourth-order valence-electron chi connectivity index (χ4n) is 4.30. The zero-order valence-corrected chi connectivity index (χ0v) is 19.7. The highest BCUT2D eigenvalue weighted by Crippen LogP contribution is 2.42. The molecule has 0 saturated carbocycles. The smallest absolute Gasteiger partial charge is 0.184 e. The fourth-order valence-corrected chi connectivity index (χ4v) is 5.47. The Labute approximate surface area is 167 Å². The van der Waals surface area contributed by atoms with Crippen LogP contribution in [0.4, 0.5) is 0 Å². The van der Waals surface area contributed by atoms with E-state index in [4.69, 9.17) is 9.26 Å². The second-order valence-corrected chi connectivity index (χ2v) is 14.7. The van der Waals surface area contributed by atoms with E-state index in [2.05, 4.69) is 59.3 Å². The van der Waals surface area contributed by atoms with Crippen LogP contribution in [-0.4, -0.2) is 35.7 Å². The Kier molecular flexibility index (Phi) is 6.65. The van der Waals surface area contributed by atoms with E-state index in [1.165, 1.54) is 0 Å². The number of hydroxylamine groups is 2. The van der Waals surface area contributed by atoms with Gasteiger partial charge in [0, 0.05) is 17.2 Å². The van der Waals surface area contributed by atoms with Crippen LogP contribution in [0.25, 0.3) is 0 Å². The molecule has 1 heterocycles. The predicted molar refractivity (Wildman–Crippen MR) is 114 cm³/mol. The van der Waals surface area contributed by atoms with E-state index in [1.807, 2.05) is 24.3 Å². The van der Waals surface area contributed by atoms with Gasteiger partial charge in [-0.1, -0.05) is 24.3 Å². The third kappa shape index (κ3) is 5.88. The normalized spacial score (nSPS) is 23.2. The van der Waals surface area contributed by atoms with Crippen molar-refractivity contribution in [1.82, 2.24) is 5.06 Å². The Morgan fingerprint density at radius 2 is 1.41 bits per heavy atom. The van der Waals surface area contributed by atoms with Crippen molar-refractivity contribution in [2.75, 3.05) is 0 Å². The highest BCUT2D eigenvalue weighted by molar-refractivity contribution is 6.69. The number of rotatable bonds is 6. The average molecular weight is 394 g/mol. The van der Waals surface area contributed by atoms with Crippen molar-refractivity contribution in [3.8, 4) is 0 Å². The summed E-state index contributed by atoms with van der Waals surface area (Å²) in [6.45, 7) is 19.6. The Bertz CT molecular complexity index is 601. The lowest BCUT2D eigenvalue weighted by atomic mass is 9.80. The van der Waals surface area contributed by atoms with Crippen molar-refractivity contribution < 1.29 is 14.4 Å². The molecule has 4 nitrogen and oxygen atoms in total. The summed E-state index contributed by atoms with van der Waals surface area (Å²) in [5.74, 6) is 0. The van der Waals surface area contributed by atoms with Crippen molar-refractivity contribution >= 4 is 8.32 Å². The highest BCUT2D eigenvalue weighted by atomic mass is 28.4. The number of nitrogens with zero attached hydrogens (tertiary/aromatic N) is 1. The van der Waals surface area contributed by atoms with Gasteiger partial charge in [0.25, 0.3) is 0 Å². The van der Waals surface area contributed by atoms with Gasteiger partial charge in [0.05, 0.1) is 6.10 Å². The molecule has 1 aliphatic rings. The third-order valence-corrected chi connectivity index (χ3v) is 6.27. The molecule has 0 aromatic heterocycles. The van der Waals surface area contributed by atoms with Crippen LogP contribution in [0.15, 0.2) is 24.3 Å². The van der Waals surface area contributed by atoms with Crippen LogP contribution in [-0.2, 0) is 9.26 Å². The van der Waals surface area contributed by atoms with Crippen LogP contribution in [0.5, 0.6) is 0 Å². The summed E-state index contributed by atoms with van der Waals surface area (Å²) < 4.78 is 6.46. The molecule has 5 heteroatoms. The van der Waals surface area contributed by atoms with E-state index in [9.17, 15) is 5.11 Å². The van der Waals surface area contributed by atoms with Crippen LogP contribution in [0.3, 0.4) is 0 Å². The number of hydrogen-bond donors (Lipinski definition) is 1. The number of hydrogen-bond acceptors (Lipinski definition) is 4. The van der Waals surface area contributed by atoms with Crippen LogP contribution in [0.2, 0.25) is 19.6 Å². The van der Waals surface area contributed by atoms with Crippen LogP contribution >= 0.6 is 0 Å². The van der Waals surface area contributed by atoms with E-state index in [-0.39, 0.29) is 23.3 Å². The van der Waals surface area contributed by atoms with Crippen molar-refractivity contribution in [3.05, 3.63) is 35.4 Å². The van der Waals surface area contributed by atoms with Gasteiger partial charge in [-0.2, -0.15) is 5.06 Å². The lowest BCUT2D eigenvalue weighted by Crippen LogP contribution is -2.62. The summed E-state index contributed by atoms with van der Waals surface area (Å²) in [7, 11) is -1.57. The molecule has 1 fully saturated rings. The summed E-state index contributed by atoms with van der Waals surface area (Å²) >= 11 is 0. The van der Waals surface area contributed by atoms with E-state index in [0.29, 0.717) is 0 Å². The van der Waals surface area contributed by atoms with Gasteiger partial charge in [0.2, 0.25) is 0 Å². The predicted octanol–water partition coefficient (Wildman–Crippen LogP) is 5.61. The van der Waals surface area contributed by atoms with Gasteiger partial charge in [0.15, 0.2) is 8.32 Å². The van der Waals surface area contributed by atoms with E-state index >= 15 is 0 Å². The second kappa shape index (κ2) is 7.95. The number of piperidine rings is 1. The zero-order valence-electron chi connectivity index (χ0n) is 18.7. The van der Waals surface area contributed by atoms with Crippen molar-refractivity contribution in [2.45, 2.75) is 103 Å². The van der Waals surface area contributed by atoms with Crippen molar-refractivity contribution in [3.63, 3.8) is 0 Å². The third-order valence-electron chi connectivity index (χ3n) is 5.23. The zero-order chi connectivity index (χ0) is 20.6. The summed E-state index contributed by atoms with van der Waals surface area (Å²) in [6, 6.07) is 8.05. The van der Waals surface area contributed by atoms with Gasteiger partial charge in [0.1, 0.15) is 6.10 Å². The molecule has 1 aromatic rings. The summed E-state index contributed by atoms with van der Waals surface area (Å²) in [6.07, 6.45) is 1.71. The number of benzene rings is 1. The molecule has 0 radical (unpaired) electrons. The summed E-state index contributed by atoms with van der Waals surface area (Å²) in [4.78, 5) is 6.51. The maximum atomic E-state index is 9.71. The standard InChI is InChI=1S/C22H39NO3Si/c1-16(24)18-10-12-19(13-11-18)17(2)25-23-21(3,4)14-20(15-22(23,5)6)26-27(7,8)9/h10-13,16-17,20,24H,14-15H2,1-9H3. The van der Waals surface area contributed by atoms with Gasteiger partial charge in [-0.3, -0.25) is 4.84 Å². The lowest BCUT2D eigenvalue weighted by Gasteiger charge is -2.55. The van der Waals surface area contributed by atoms with Crippen LogP contribution in [0.1, 0.15) is 77.7 Å². The summed E-state index contributed by atoms with van der Waals surface area (Å²) in [5, 5.41) is 11.9. The Hall–Kier alpha value is -0.723. The maximum absolute atomic E-state index is 9.71. The first-order valence-corrected chi connectivity index (χ1v) is 13.5. The molecule has 2 unspecified atom stereocenters. The topological polar surface area (TPSA) is 41.9 Å². The molecule has 154 valence electrons. The molecule has 2 atom stereocenters. The molecule has 27 heavy (non-hydrogen) atoms. The average Bonchev–Trinajstić information content (AvgIpc) is 2.48. The SMILES string of the molecule is CC(O)c1ccc(C(C)ON2C(C)(C)CC(O[Si](C)(C)C)CC2(C)C)cc1. The molecule has 1 saturated heterocycles. The Balaban J connectivity index is 2.14. The van der Waals surface area contributed by atoms with Crippen molar-refractivity contribution in [2.24, 2.45) is 0 Å². The molecule has 1 aliphatic heterocycles. The van der Waals surface area contributed by atoms with E-state index in [0.717, 1.165) is 24.0 Å². The van der Waals surface area contributed by atoms with Gasteiger partial charge in [-0.25, -0.2) is 0 Å². The number of aliphatic hydroxyl groups excluding tert-OH is 1. The minimum Gasteiger partial charge on any atom is -0.415 e. The molecule has 0 aliphatic carbocycles. The summed E-state index contributed by atoms with van der Waals surface area (Å²) in [5.41, 5.74) is 1.82. The van der Waals surface area contributed by atoms with Gasteiger partial charge in [-0.15, -0.1) is 0 Å². The van der Waals surface area contributed by atoms with Gasteiger partial charge < -0.3 is 9.53 Å². The molecule has 2 rings (SSSR count). The second-order valence-electron chi connectivity index (χ2n) is 10.3. The first kappa shape index (κ1) is 22.6. The van der Waals surface area contributed by atoms with Crippen LogP contribution < -0.4 is 0 Å². The minimum atomic E-state index is -1.57. The molecule has 0 bridgehead atoms. The molecular formula is C22H39NO3Si. The highest BCUT2D eigenvalue weighted by Gasteiger charge is 2.48. The number of aliphatic hydroxyl groups is 1.